The van der Waals surface area contributed by atoms with Crippen LogP contribution in [0.2, 0.25) is 0 Å². The van der Waals surface area contributed by atoms with Gasteiger partial charge in [0.2, 0.25) is 0 Å². The maximum Gasteiger partial charge on any atom is 0.0581 e. The predicted molar refractivity (Wildman–Crippen MR) is 74.7 cm³/mol. The Bertz CT molecular complexity index is 311. The van der Waals surface area contributed by atoms with Crippen LogP contribution in [0.1, 0.15) is 38.8 Å². The van der Waals surface area contributed by atoms with E-state index in [2.05, 4.69) is 37.5 Å². The second-order valence-corrected chi connectivity index (χ2v) is 5.76. The van der Waals surface area contributed by atoms with Gasteiger partial charge in [-0.05, 0) is 18.1 Å². The lowest BCUT2D eigenvalue weighted by Gasteiger charge is -2.14. The highest BCUT2D eigenvalue weighted by molar-refractivity contribution is 7.99. The minimum absolute atomic E-state index is 0.198. The Balaban J connectivity index is 2.47. The van der Waals surface area contributed by atoms with Crippen LogP contribution in [0.3, 0.4) is 0 Å². The largest absolute Gasteiger partial charge is 0.272 e. The minimum Gasteiger partial charge on any atom is -0.272 e. The lowest BCUT2D eigenvalue weighted by Crippen LogP contribution is -2.29. The van der Waals surface area contributed by atoms with E-state index in [0.29, 0.717) is 0 Å². The molecular weight excluding hydrogens is 232 g/mol. The van der Waals surface area contributed by atoms with Gasteiger partial charge in [-0.15, -0.1) is 0 Å². The Morgan fingerprint density at radius 2 is 2.24 bits per heavy atom. The van der Waals surface area contributed by atoms with E-state index in [1.54, 1.807) is 0 Å². The van der Waals surface area contributed by atoms with Crippen LogP contribution in [0.15, 0.2) is 12.4 Å². The molecule has 5 heteroatoms. The minimum atomic E-state index is 0.198. The highest BCUT2D eigenvalue weighted by atomic mass is 32.2. The van der Waals surface area contributed by atoms with Gasteiger partial charge in [0.25, 0.3) is 0 Å². The second-order valence-electron chi connectivity index (χ2n) is 4.69. The van der Waals surface area contributed by atoms with Crippen LogP contribution < -0.4 is 11.3 Å². The Hall–Kier alpha value is -0.520. The first-order valence-electron chi connectivity index (χ1n) is 6.23. The fourth-order valence-electron chi connectivity index (χ4n) is 1.57. The average molecular weight is 256 g/mol. The van der Waals surface area contributed by atoms with Crippen molar-refractivity contribution in [3.05, 3.63) is 18.0 Å². The zero-order valence-electron chi connectivity index (χ0n) is 11.0. The summed E-state index contributed by atoms with van der Waals surface area (Å²) >= 11 is 1.93. The van der Waals surface area contributed by atoms with Crippen molar-refractivity contribution < 1.29 is 0 Å². The van der Waals surface area contributed by atoms with Crippen LogP contribution in [-0.2, 0) is 6.54 Å². The van der Waals surface area contributed by atoms with Crippen molar-refractivity contribution in [3.8, 4) is 0 Å². The molecule has 17 heavy (non-hydrogen) atoms. The number of aryl methyl sites for hydroxylation is 1. The molecule has 1 rings (SSSR count). The van der Waals surface area contributed by atoms with Crippen LogP contribution in [-0.4, -0.2) is 21.3 Å². The highest BCUT2D eigenvalue weighted by Crippen LogP contribution is 2.18. The van der Waals surface area contributed by atoms with Crippen molar-refractivity contribution >= 4 is 11.8 Å². The predicted octanol–water partition coefficient (Wildman–Crippen LogP) is 2.19. The van der Waals surface area contributed by atoms with Crippen molar-refractivity contribution in [2.75, 3.05) is 11.5 Å². The maximum atomic E-state index is 5.60. The van der Waals surface area contributed by atoms with Gasteiger partial charge in [0, 0.05) is 24.1 Å². The molecule has 0 saturated carbocycles. The summed E-state index contributed by atoms with van der Waals surface area (Å²) < 4.78 is 1.98. The summed E-state index contributed by atoms with van der Waals surface area (Å²) in [5.74, 6) is 8.49. The van der Waals surface area contributed by atoms with E-state index in [-0.39, 0.29) is 6.04 Å². The molecule has 0 aliphatic rings. The third-order valence-electron chi connectivity index (χ3n) is 2.45. The molecule has 1 heterocycles. The SMILES string of the molecule is CCCn1cc(C(CSCC(C)C)NN)cn1. The van der Waals surface area contributed by atoms with Gasteiger partial charge < -0.3 is 0 Å². The number of nitrogens with one attached hydrogen (secondary N) is 1. The molecule has 0 aliphatic heterocycles. The molecule has 1 atom stereocenters. The van der Waals surface area contributed by atoms with Gasteiger partial charge in [-0.2, -0.15) is 16.9 Å². The molecule has 0 amide bonds. The van der Waals surface area contributed by atoms with E-state index in [0.717, 1.165) is 24.6 Å². The monoisotopic (exact) mass is 256 g/mol. The summed E-state index contributed by atoms with van der Waals surface area (Å²) in [5.41, 5.74) is 4.05. The molecule has 0 aromatic carbocycles. The summed E-state index contributed by atoms with van der Waals surface area (Å²) in [4.78, 5) is 0. The summed E-state index contributed by atoms with van der Waals surface area (Å²) in [6, 6.07) is 0.198. The van der Waals surface area contributed by atoms with Crippen molar-refractivity contribution in [1.29, 1.82) is 0 Å². The number of nitrogens with zero attached hydrogens (tertiary/aromatic N) is 2. The van der Waals surface area contributed by atoms with Crippen molar-refractivity contribution in [3.63, 3.8) is 0 Å². The van der Waals surface area contributed by atoms with E-state index in [1.807, 2.05) is 22.6 Å². The molecule has 1 aromatic rings. The molecular formula is C12H24N4S. The lowest BCUT2D eigenvalue weighted by atomic mass is 10.2. The molecule has 98 valence electrons. The first-order chi connectivity index (χ1) is 8.17. The Morgan fingerprint density at radius 3 is 2.82 bits per heavy atom. The van der Waals surface area contributed by atoms with Crippen LogP contribution in [0.25, 0.3) is 0 Å². The number of rotatable bonds is 8. The third kappa shape index (κ3) is 5.10. The van der Waals surface area contributed by atoms with Crippen LogP contribution in [0.4, 0.5) is 0 Å². The molecule has 4 nitrogen and oxygen atoms in total. The van der Waals surface area contributed by atoms with E-state index in [9.17, 15) is 0 Å². The zero-order chi connectivity index (χ0) is 12.7. The molecule has 0 fully saturated rings. The van der Waals surface area contributed by atoms with Gasteiger partial charge >= 0.3 is 0 Å². The Morgan fingerprint density at radius 1 is 1.47 bits per heavy atom. The van der Waals surface area contributed by atoms with E-state index in [4.69, 9.17) is 5.84 Å². The van der Waals surface area contributed by atoms with Crippen LogP contribution >= 0.6 is 11.8 Å². The molecule has 0 bridgehead atoms. The van der Waals surface area contributed by atoms with Crippen molar-refractivity contribution in [1.82, 2.24) is 15.2 Å². The van der Waals surface area contributed by atoms with Gasteiger partial charge in [-0.3, -0.25) is 16.0 Å². The lowest BCUT2D eigenvalue weighted by molar-refractivity contribution is 0.592. The molecule has 3 N–H and O–H groups in total. The Kier molecular flexibility index (Phi) is 6.62. The molecule has 1 unspecified atom stereocenters. The fraction of sp³-hybridized carbons (Fsp3) is 0.750. The number of hydrogen-bond acceptors (Lipinski definition) is 4. The molecule has 0 radical (unpaired) electrons. The van der Waals surface area contributed by atoms with Crippen molar-refractivity contribution in [2.45, 2.75) is 39.8 Å². The second kappa shape index (κ2) is 7.74. The van der Waals surface area contributed by atoms with Gasteiger partial charge in [0.05, 0.1) is 12.2 Å². The molecule has 0 spiro atoms. The van der Waals surface area contributed by atoms with Crippen LogP contribution in [0.5, 0.6) is 0 Å². The van der Waals surface area contributed by atoms with E-state index < -0.39 is 0 Å². The summed E-state index contributed by atoms with van der Waals surface area (Å²) in [6.07, 6.45) is 5.10. The fourth-order valence-corrected chi connectivity index (χ4v) is 2.70. The van der Waals surface area contributed by atoms with Crippen molar-refractivity contribution in [2.24, 2.45) is 11.8 Å². The topological polar surface area (TPSA) is 55.9 Å². The van der Waals surface area contributed by atoms with Gasteiger partial charge in [-0.25, -0.2) is 0 Å². The summed E-state index contributed by atoms with van der Waals surface area (Å²) in [6.45, 7) is 7.59. The highest BCUT2D eigenvalue weighted by Gasteiger charge is 2.12. The zero-order valence-corrected chi connectivity index (χ0v) is 11.8. The smallest absolute Gasteiger partial charge is 0.0581 e. The average Bonchev–Trinajstić information content (AvgIpc) is 2.73. The number of hydrazine groups is 1. The number of aromatic nitrogens is 2. The number of nitrogens with two attached hydrogens (primary N) is 1. The summed E-state index contributed by atoms with van der Waals surface area (Å²) in [5, 5.41) is 4.33. The molecule has 0 aliphatic carbocycles. The normalized spacial score (nSPS) is 13.2. The first kappa shape index (κ1) is 14.5. The van der Waals surface area contributed by atoms with E-state index in [1.165, 1.54) is 11.3 Å². The molecule has 1 aromatic heterocycles. The van der Waals surface area contributed by atoms with Gasteiger partial charge in [0.15, 0.2) is 0 Å². The van der Waals surface area contributed by atoms with Crippen LogP contribution in [0, 0.1) is 5.92 Å². The maximum absolute atomic E-state index is 5.60. The number of hydrogen-bond donors (Lipinski definition) is 2. The standard InChI is InChI=1S/C12H24N4S/c1-4-5-16-7-11(6-14-16)12(15-13)9-17-8-10(2)3/h6-7,10,12,15H,4-5,8-9,13H2,1-3H3. The van der Waals surface area contributed by atoms with E-state index >= 15 is 0 Å². The Labute approximate surface area is 108 Å². The first-order valence-corrected chi connectivity index (χ1v) is 7.39. The quantitative estimate of drug-likeness (QED) is 0.553. The third-order valence-corrected chi connectivity index (χ3v) is 3.92. The van der Waals surface area contributed by atoms with Gasteiger partial charge in [0.1, 0.15) is 0 Å². The summed E-state index contributed by atoms with van der Waals surface area (Å²) in [7, 11) is 0. The number of thioether (sulfide) groups is 1. The van der Waals surface area contributed by atoms with Gasteiger partial charge in [-0.1, -0.05) is 20.8 Å². The molecule has 0 saturated heterocycles.